The molecule has 0 bridgehead atoms. The minimum absolute atomic E-state index is 0.0313. The van der Waals surface area contributed by atoms with Gasteiger partial charge in [0.25, 0.3) is 0 Å². The van der Waals surface area contributed by atoms with Crippen LogP contribution < -0.4 is 5.32 Å². The second-order valence-corrected chi connectivity index (χ2v) is 8.28. The Hall–Kier alpha value is -2.07. The molecule has 1 aliphatic rings. The van der Waals surface area contributed by atoms with E-state index in [0.717, 1.165) is 28.7 Å². The molecule has 2 aromatic rings. The molecule has 1 amide bonds. The van der Waals surface area contributed by atoms with Crippen LogP contribution >= 0.6 is 15.9 Å². The van der Waals surface area contributed by atoms with E-state index in [-0.39, 0.29) is 11.9 Å². The molecule has 27 heavy (non-hydrogen) atoms. The molecule has 1 heterocycles. The molecule has 1 unspecified atom stereocenters. The summed E-state index contributed by atoms with van der Waals surface area (Å²) in [6, 6.07) is 14.9. The van der Waals surface area contributed by atoms with E-state index >= 15 is 0 Å². The molecule has 0 aliphatic carbocycles. The Balaban J connectivity index is 2.04. The minimum Gasteiger partial charge on any atom is -0.388 e. The van der Waals surface area contributed by atoms with Crippen molar-refractivity contribution in [2.24, 2.45) is 0 Å². The fourth-order valence-corrected chi connectivity index (χ4v) is 4.04. The van der Waals surface area contributed by atoms with Gasteiger partial charge < -0.3 is 10.2 Å². The van der Waals surface area contributed by atoms with E-state index in [9.17, 15) is 4.79 Å². The Labute approximate surface area is 170 Å². The maximum atomic E-state index is 12.3. The summed E-state index contributed by atoms with van der Waals surface area (Å²) in [5.41, 5.74) is 6.05. The van der Waals surface area contributed by atoms with Gasteiger partial charge in [0.05, 0.1) is 6.04 Å². The van der Waals surface area contributed by atoms with Crippen LogP contribution in [0, 0.1) is 0 Å². The van der Waals surface area contributed by atoms with Gasteiger partial charge in [-0.1, -0.05) is 60.1 Å². The van der Waals surface area contributed by atoms with Gasteiger partial charge >= 0.3 is 0 Å². The number of carbonyl (C=O) groups excluding carboxylic acids is 1. The Kier molecular flexibility index (Phi) is 6.05. The third-order valence-electron chi connectivity index (χ3n) is 5.26. The average molecular weight is 427 g/mol. The molecule has 0 saturated carbocycles. The lowest BCUT2D eigenvalue weighted by Crippen LogP contribution is -2.35. The Bertz CT molecular complexity index is 855. The molecule has 0 fully saturated rings. The number of amides is 1. The number of carbonyl (C=O) groups is 1. The third-order valence-corrected chi connectivity index (χ3v) is 5.76. The van der Waals surface area contributed by atoms with Crippen LogP contribution in [0.25, 0.3) is 5.57 Å². The van der Waals surface area contributed by atoms with Crippen LogP contribution in [0.2, 0.25) is 0 Å². The van der Waals surface area contributed by atoms with Gasteiger partial charge in [-0.25, -0.2) is 0 Å². The number of rotatable bonds is 4. The zero-order chi connectivity index (χ0) is 19.6. The zero-order valence-electron chi connectivity index (χ0n) is 16.4. The fraction of sp³-hybridized carbons (Fsp3) is 0.348. The molecule has 2 aromatic carbocycles. The summed E-state index contributed by atoms with van der Waals surface area (Å²) in [7, 11) is 1.94. The van der Waals surface area contributed by atoms with E-state index < -0.39 is 0 Å². The van der Waals surface area contributed by atoms with E-state index in [0.29, 0.717) is 5.92 Å². The van der Waals surface area contributed by atoms with Gasteiger partial charge in [0.1, 0.15) is 0 Å². The SMILES string of the molecule is CNc1ccc(Br)cc1C1=CC(c2ccc(C(C)C)cc2)N(C(C)=O)CC1. The summed E-state index contributed by atoms with van der Waals surface area (Å²) in [4.78, 5) is 14.2. The average Bonchev–Trinajstić information content (AvgIpc) is 2.67. The second-order valence-electron chi connectivity index (χ2n) is 7.36. The van der Waals surface area contributed by atoms with Gasteiger partial charge in [-0.05, 0) is 47.2 Å². The number of hydrogen-bond donors (Lipinski definition) is 1. The molecule has 0 radical (unpaired) electrons. The highest BCUT2D eigenvalue weighted by Crippen LogP contribution is 2.37. The van der Waals surface area contributed by atoms with Gasteiger partial charge in [0.15, 0.2) is 0 Å². The molecule has 3 nitrogen and oxygen atoms in total. The minimum atomic E-state index is -0.0313. The molecule has 0 saturated heterocycles. The number of benzene rings is 2. The lowest BCUT2D eigenvalue weighted by Gasteiger charge is -2.35. The predicted molar refractivity (Wildman–Crippen MR) is 117 cm³/mol. The van der Waals surface area contributed by atoms with Crippen molar-refractivity contribution in [3.05, 3.63) is 69.7 Å². The van der Waals surface area contributed by atoms with E-state index in [4.69, 9.17) is 0 Å². The summed E-state index contributed by atoms with van der Waals surface area (Å²) >= 11 is 3.59. The molecule has 0 spiro atoms. The van der Waals surface area contributed by atoms with Crippen LogP contribution in [0.15, 0.2) is 53.0 Å². The largest absolute Gasteiger partial charge is 0.388 e. The van der Waals surface area contributed by atoms with Crippen molar-refractivity contribution >= 4 is 33.1 Å². The van der Waals surface area contributed by atoms with Crippen LogP contribution in [0.1, 0.15) is 55.8 Å². The molecule has 142 valence electrons. The van der Waals surface area contributed by atoms with Crippen molar-refractivity contribution < 1.29 is 4.79 Å². The Morgan fingerprint density at radius 1 is 1.19 bits per heavy atom. The smallest absolute Gasteiger partial charge is 0.220 e. The summed E-state index contributed by atoms with van der Waals surface area (Å²) in [6.45, 7) is 6.78. The van der Waals surface area contributed by atoms with E-state index in [1.807, 2.05) is 18.0 Å². The first-order chi connectivity index (χ1) is 12.9. The first kappa shape index (κ1) is 19.7. The van der Waals surface area contributed by atoms with Gasteiger partial charge in [0.2, 0.25) is 5.91 Å². The summed E-state index contributed by atoms with van der Waals surface area (Å²) in [5.74, 6) is 0.617. The van der Waals surface area contributed by atoms with Crippen LogP contribution in [0.4, 0.5) is 5.69 Å². The van der Waals surface area contributed by atoms with E-state index in [1.54, 1.807) is 6.92 Å². The number of nitrogens with one attached hydrogen (secondary N) is 1. The Morgan fingerprint density at radius 3 is 2.48 bits per heavy atom. The third kappa shape index (κ3) is 4.27. The summed E-state index contributed by atoms with van der Waals surface area (Å²) in [5, 5.41) is 3.29. The highest BCUT2D eigenvalue weighted by atomic mass is 79.9. The van der Waals surface area contributed by atoms with Crippen molar-refractivity contribution in [1.82, 2.24) is 4.90 Å². The van der Waals surface area contributed by atoms with Crippen LogP contribution in [-0.2, 0) is 4.79 Å². The summed E-state index contributed by atoms with van der Waals surface area (Å²) < 4.78 is 1.06. The van der Waals surface area contributed by atoms with Crippen LogP contribution in [0.5, 0.6) is 0 Å². The van der Waals surface area contributed by atoms with Crippen LogP contribution in [-0.4, -0.2) is 24.4 Å². The molecule has 1 atom stereocenters. The fourth-order valence-electron chi connectivity index (χ4n) is 3.68. The van der Waals surface area contributed by atoms with Crippen molar-refractivity contribution in [3.8, 4) is 0 Å². The molecule has 1 aliphatic heterocycles. The quantitative estimate of drug-likeness (QED) is 0.650. The van der Waals surface area contributed by atoms with Crippen molar-refractivity contribution in [2.75, 3.05) is 18.9 Å². The monoisotopic (exact) mass is 426 g/mol. The zero-order valence-corrected chi connectivity index (χ0v) is 18.0. The molecular formula is C23H27BrN2O. The van der Waals surface area contributed by atoms with Gasteiger partial charge in [0, 0.05) is 36.2 Å². The number of anilines is 1. The molecular weight excluding hydrogens is 400 g/mol. The van der Waals surface area contributed by atoms with Crippen molar-refractivity contribution in [3.63, 3.8) is 0 Å². The molecule has 4 heteroatoms. The van der Waals surface area contributed by atoms with E-state index in [1.165, 1.54) is 16.7 Å². The number of halogens is 1. The lowest BCUT2D eigenvalue weighted by atomic mass is 9.90. The first-order valence-corrected chi connectivity index (χ1v) is 10.3. The van der Waals surface area contributed by atoms with Crippen molar-refractivity contribution in [1.29, 1.82) is 0 Å². The van der Waals surface area contributed by atoms with Gasteiger partial charge in [-0.2, -0.15) is 0 Å². The van der Waals surface area contributed by atoms with Crippen molar-refractivity contribution in [2.45, 2.75) is 39.2 Å². The number of hydrogen-bond acceptors (Lipinski definition) is 2. The first-order valence-electron chi connectivity index (χ1n) is 9.46. The highest BCUT2D eigenvalue weighted by molar-refractivity contribution is 9.10. The van der Waals surface area contributed by atoms with Gasteiger partial charge in [-0.15, -0.1) is 0 Å². The van der Waals surface area contributed by atoms with Gasteiger partial charge in [-0.3, -0.25) is 4.79 Å². The normalized spacial score (nSPS) is 17.0. The lowest BCUT2D eigenvalue weighted by molar-refractivity contribution is -0.130. The second kappa shape index (κ2) is 8.30. The number of nitrogens with zero attached hydrogens (tertiary/aromatic N) is 1. The maximum absolute atomic E-state index is 12.3. The summed E-state index contributed by atoms with van der Waals surface area (Å²) in [6.07, 6.45) is 3.10. The highest BCUT2D eigenvalue weighted by Gasteiger charge is 2.26. The Morgan fingerprint density at radius 2 is 1.89 bits per heavy atom. The molecule has 1 N–H and O–H groups in total. The van der Waals surface area contributed by atoms with Crippen LogP contribution in [0.3, 0.4) is 0 Å². The van der Waals surface area contributed by atoms with E-state index in [2.05, 4.69) is 77.6 Å². The maximum Gasteiger partial charge on any atom is 0.220 e. The predicted octanol–water partition coefficient (Wildman–Crippen LogP) is 5.99. The standard InChI is InChI=1S/C23H27BrN2O/c1-15(2)17-5-7-18(8-6-17)23-13-19(11-12-26(23)16(3)27)21-14-20(24)9-10-22(21)25-4/h5-10,13-15,23,25H,11-12H2,1-4H3. The topological polar surface area (TPSA) is 32.3 Å². The molecule has 3 rings (SSSR count). The molecule has 0 aromatic heterocycles.